The summed E-state index contributed by atoms with van der Waals surface area (Å²) in [7, 11) is 0. The van der Waals surface area contributed by atoms with Gasteiger partial charge in [0.05, 0.1) is 10.7 Å². The Hall–Kier alpha value is -4.48. The number of aryl methyl sites for hydroxylation is 1. The van der Waals surface area contributed by atoms with E-state index >= 15 is 0 Å². The van der Waals surface area contributed by atoms with Crippen molar-refractivity contribution in [1.82, 2.24) is 10.2 Å². The van der Waals surface area contributed by atoms with Crippen molar-refractivity contribution in [2.45, 2.75) is 51.8 Å². The second-order valence-corrected chi connectivity index (χ2v) is 10.5. The molecule has 0 aliphatic rings. The smallest absolute Gasteiger partial charge is 0.408 e. The highest BCUT2D eigenvalue weighted by atomic mass is 35.5. The van der Waals surface area contributed by atoms with Crippen LogP contribution in [0, 0.1) is 19.4 Å². The van der Waals surface area contributed by atoms with Gasteiger partial charge in [-0.1, -0.05) is 72.6 Å². The Labute approximate surface area is 239 Å². The van der Waals surface area contributed by atoms with Gasteiger partial charge in [0.1, 0.15) is 23.4 Å². The SMILES string of the molecule is C#CN(C(=O)C(Cc1ccc(O)cc1)NC(=O)OC(C)(C)C)C(C(=O)Nc1c(C)cccc1Cl)c1ccccc1. The minimum absolute atomic E-state index is 0.0171. The number of benzene rings is 3. The number of phenolic OH excluding ortho intramolecular Hbond substituents is 1. The van der Waals surface area contributed by atoms with Gasteiger partial charge < -0.3 is 20.5 Å². The van der Waals surface area contributed by atoms with Crippen LogP contribution in [0.2, 0.25) is 5.02 Å². The van der Waals surface area contributed by atoms with Crippen molar-refractivity contribution < 1.29 is 24.2 Å². The van der Waals surface area contributed by atoms with Gasteiger partial charge in [0, 0.05) is 12.5 Å². The molecule has 40 heavy (non-hydrogen) atoms. The Bertz CT molecular complexity index is 1370. The van der Waals surface area contributed by atoms with Crippen LogP contribution in [0.4, 0.5) is 10.5 Å². The summed E-state index contributed by atoms with van der Waals surface area (Å²) in [5, 5.41) is 15.4. The number of nitrogens with one attached hydrogen (secondary N) is 2. The number of nitrogens with zero attached hydrogens (tertiary/aromatic N) is 1. The predicted molar refractivity (Wildman–Crippen MR) is 155 cm³/mol. The fourth-order valence-electron chi connectivity index (χ4n) is 3.99. The lowest BCUT2D eigenvalue weighted by Gasteiger charge is -2.30. The van der Waals surface area contributed by atoms with Gasteiger partial charge in [-0.05, 0) is 62.6 Å². The van der Waals surface area contributed by atoms with Gasteiger partial charge >= 0.3 is 6.09 Å². The van der Waals surface area contributed by atoms with Crippen LogP contribution in [0.5, 0.6) is 5.75 Å². The number of terminal acetylenes is 1. The summed E-state index contributed by atoms with van der Waals surface area (Å²) >= 11 is 6.35. The molecular formula is C31H32ClN3O5. The Kier molecular flexibility index (Phi) is 9.81. The third kappa shape index (κ3) is 8.01. The molecule has 0 saturated heterocycles. The third-order valence-corrected chi connectivity index (χ3v) is 6.15. The average molecular weight is 562 g/mol. The number of halogens is 1. The molecule has 2 unspecified atom stereocenters. The Morgan fingerprint density at radius 2 is 1.68 bits per heavy atom. The summed E-state index contributed by atoms with van der Waals surface area (Å²) in [6, 6.07) is 19.9. The summed E-state index contributed by atoms with van der Waals surface area (Å²) in [6.07, 6.45) is 5.05. The van der Waals surface area contributed by atoms with Crippen molar-refractivity contribution in [3.63, 3.8) is 0 Å². The summed E-state index contributed by atoms with van der Waals surface area (Å²) in [5.41, 5.74) is 1.39. The number of hydrogen-bond donors (Lipinski definition) is 3. The first-order valence-corrected chi connectivity index (χ1v) is 12.9. The van der Waals surface area contributed by atoms with Gasteiger partial charge in [0.2, 0.25) is 0 Å². The molecule has 0 fully saturated rings. The summed E-state index contributed by atoms with van der Waals surface area (Å²) < 4.78 is 5.38. The highest BCUT2D eigenvalue weighted by Gasteiger charge is 2.36. The van der Waals surface area contributed by atoms with Crippen LogP contribution in [0.3, 0.4) is 0 Å². The Balaban J connectivity index is 2.01. The van der Waals surface area contributed by atoms with Crippen LogP contribution >= 0.6 is 11.6 Å². The topological polar surface area (TPSA) is 108 Å². The van der Waals surface area contributed by atoms with E-state index in [1.807, 2.05) is 0 Å². The zero-order valence-corrected chi connectivity index (χ0v) is 23.5. The van der Waals surface area contributed by atoms with E-state index < -0.39 is 35.6 Å². The van der Waals surface area contributed by atoms with E-state index in [4.69, 9.17) is 22.8 Å². The zero-order chi connectivity index (χ0) is 29.4. The third-order valence-electron chi connectivity index (χ3n) is 5.83. The van der Waals surface area contributed by atoms with Crippen molar-refractivity contribution in [3.05, 3.63) is 94.5 Å². The van der Waals surface area contributed by atoms with Crippen molar-refractivity contribution in [2.24, 2.45) is 0 Å². The average Bonchev–Trinajstić information content (AvgIpc) is 2.89. The fraction of sp³-hybridized carbons (Fsp3) is 0.258. The normalized spacial score (nSPS) is 12.4. The van der Waals surface area contributed by atoms with Crippen LogP contribution in [0.25, 0.3) is 0 Å². The van der Waals surface area contributed by atoms with Gasteiger partial charge in [-0.25, -0.2) is 4.79 Å². The molecule has 9 heteroatoms. The second-order valence-electron chi connectivity index (χ2n) is 10.1. The molecule has 8 nitrogen and oxygen atoms in total. The number of aromatic hydroxyl groups is 1. The van der Waals surface area contributed by atoms with Crippen LogP contribution in [-0.2, 0) is 20.7 Å². The first-order chi connectivity index (χ1) is 18.9. The molecule has 0 bridgehead atoms. The number of hydrogen-bond acceptors (Lipinski definition) is 5. The molecular weight excluding hydrogens is 530 g/mol. The maximum absolute atomic E-state index is 14.0. The summed E-state index contributed by atoms with van der Waals surface area (Å²) in [4.78, 5) is 41.4. The Morgan fingerprint density at radius 1 is 1.02 bits per heavy atom. The van der Waals surface area contributed by atoms with E-state index in [0.717, 1.165) is 10.5 Å². The number of carbonyl (C=O) groups is 3. The standard InChI is InChI=1S/C31H32ClN3O5/c1-6-35(27(22-12-8-7-9-13-22)28(37)34-26-20(2)11-10-14-24(26)32)29(38)25(33-30(39)40-31(3,4)5)19-21-15-17-23(36)18-16-21/h1,7-18,25,27,36H,19H2,2-5H3,(H,33,39)(H,34,37). The largest absolute Gasteiger partial charge is 0.508 e. The number of amides is 3. The molecule has 3 aromatic rings. The van der Waals surface area contributed by atoms with Crippen LogP contribution in [-0.4, -0.2) is 39.6 Å². The van der Waals surface area contributed by atoms with Crippen molar-refractivity contribution in [3.8, 4) is 18.2 Å². The quantitative estimate of drug-likeness (QED) is 0.245. The monoisotopic (exact) mass is 561 g/mol. The zero-order valence-electron chi connectivity index (χ0n) is 22.8. The van der Waals surface area contributed by atoms with Gasteiger partial charge in [0.15, 0.2) is 0 Å². The first-order valence-electron chi connectivity index (χ1n) is 12.6. The van der Waals surface area contributed by atoms with Crippen LogP contribution in [0.15, 0.2) is 72.8 Å². The molecule has 0 aromatic heterocycles. The summed E-state index contributed by atoms with van der Waals surface area (Å²) in [6.45, 7) is 6.89. The molecule has 3 N–H and O–H groups in total. The first kappa shape index (κ1) is 30.1. The predicted octanol–water partition coefficient (Wildman–Crippen LogP) is 5.59. The van der Waals surface area contributed by atoms with Gasteiger partial charge in [-0.15, -0.1) is 0 Å². The molecule has 0 aliphatic carbocycles. The molecule has 0 spiro atoms. The maximum atomic E-state index is 14.0. The lowest BCUT2D eigenvalue weighted by Crippen LogP contribution is -2.51. The van der Waals surface area contributed by atoms with E-state index in [9.17, 15) is 19.5 Å². The molecule has 2 atom stereocenters. The number of anilines is 1. The Morgan fingerprint density at radius 3 is 2.25 bits per heavy atom. The maximum Gasteiger partial charge on any atom is 0.408 e. The molecule has 0 radical (unpaired) electrons. The second kappa shape index (κ2) is 13.0. The molecule has 208 valence electrons. The van der Waals surface area contributed by atoms with Crippen molar-refractivity contribution in [1.29, 1.82) is 0 Å². The van der Waals surface area contributed by atoms with E-state index in [-0.39, 0.29) is 12.2 Å². The molecule has 0 aliphatic heterocycles. The summed E-state index contributed by atoms with van der Waals surface area (Å²) in [5.74, 6) is -1.25. The van der Waals surface area contributed by atoms with Crippen molar-refractivity contribution >= 4 is 35.2 Å². The highest BCUT2D eigenvalue weighted by Crippen LogP contribution is 2.29. The van der Waals surface area contributed by atoms with E-state index in [1.165, 1.54) is 12.1 Å². The van der Waals surface area contributed by atoms with Crippen LogP contribution < -0.4 is 10.6 Å². The molecule has 3 aromatic carbocycles. The van der Waals surface area contributed by atoms with Crippen molar-refractivity contribution in [2.75, 3.05) is 5.32 Å². The molecule has 0 saturated carbocycles. The minimum Gasteiger partial charge on any atom is -0.508 e. The van der Waals surface area contributed by atoms with E-state index in [0.29, 0.717) is 21.8 Å². The number of rotatable bonds is 8. The molecule has 3 rings (SSSR count). The molecule has 0 heterocycles. The fourth-order valence-corrected chi connectivity index (χ4v) is 4.25. The van der Waals surface area contributed by atoms with E-state index in [1.54, 1.807) is 88.4 Å². The number of alkyl carbamates (subject to hydrolysis) is 1. The molecule has 3 amide bonds. The van der Waals surface area contributed by atoms with Crippen LogP contribution in [0.1, 0.15) is 43.5 Å². The number of carbonyl (C=O) groups excluding carboxylic acids is 3. The lowest BCUT2D eigenvalue weighted by molar-refractivity contribution is -0.136. The number of ether oxygens (including phenoxy) is 1. The van der Waals surface area contributed by atoms with Gasteiger partial charge in [-0.2, -0.15) is 0 Å². The number of phenols is 1. The van der Waals surface area contributed by atoms with Gasteiger partial charge in [-0.3, -0.25) is 14.5 Å². The lowest BCUT2D eigenvalue weighted by atomic mass is 10.0. The number of para-hydroxylation sites is 1. The van der Waals surface area contributed by atoms with E-state index in [2.05, 4.69) is 16.7 Å². The van der Waals surface area contributed by atoms with Gasteiger partial charge in [0.25, 0.3) is 11.8 Å². The minimum atomic E-state index is -1.25. The highest BCUT2D eigenvalue weighted by molar-refractivity contribution is 6.34.